The Morgan fingerprint density at radius 2 is 1.94 bits per heavy atom. The molecule has 1 amide bonds. The van der Waals surface area contributed by atoms with Crippen molar-refractivity contribution in [2.45, 2.75) is 33.2 Å². The van der Waals surface area contributed by atoms with Crippen LogP contribution in [-0.4, -0.2) is 25.2 Å². The first-order chi connectivity index (χ1) is 15.4. The molecule has 0 aliphatic rings. The molecule has 0 aliphatic heterocycles. The Morgan fingerprint density at radius 3 is 2.62 bits per heavy atom. The molecule has 4 rings (SSSR count). The molecule has 32 heavy (non-hydrogen) atoms. The standard InChI is InChI=1S/C23H21ClFN5O2/c1-3-29-22-21(14(2)28-30(22)16-7-5-4-6-8-16)27-19(23(29)32)11-12-20(31)26-18-10-9-15(25)13-17(18)24/h4-10,13H,3,11-12H2,1-2H3,(H,26,31). The Kier molecular flexibility index (Phi) is 6.05. The van der Waals surface area contributed by atoms with Gasteiger partial charge >= 0.3 is 0 Å². The predicted molar refractivity (Wildman–Crippen MR) is 122 cm³/mol. The maximum atomic E-state index is 13.2. The number of benzene rings is 2. The van der Waals surface area contributed by atoms with E-state index in [0.29, 0.717) is 29.1 Å². The molecule has 0 aliphatic carbocycles. The highest BCUT2D eigenvalue weighted by molar-refractivity contribution is 6.33. The number of halogens is 2. The second-order valence-electron chi connectivity index (χ2n) is 7.29. The minimum atomic E-state index is -0.489. The van der Waals surface area contributed by atoms with Crippen molar-refractivity contribution in [3.8, 4) is 5.69 Å². The van der Waals surface area contributed by atoms with Gasteiger partial charge in [-0.3, -0.25) is 14.2 Å². The summed E-state index contributed by atoms with van der Waals surface area (Å²) in [6.45, 7) is 4.15. The van der Waals surface area contributed by atoms with Crippen molar-refractivity contribution in [1.82, 2.24) is 19.3 Å². The molecule has 0 radical (unpaired) electrons. The summed E-state index contributed by atoms with van der Waals surface area (Å²) in [5.74, 6) is -0.836. The van der Waals surface area contributed by atoms with Gasteiger partial charge in [0, 0.05) is 19.4 Å². The van der Waals surface area contributed by atoms with Gasteiger partial charge in [0.25, 0.3) is 5.56 Å². The van der Waals surface area contributed by atoms with Crippen LogP contribution >= 0.6 is 11.6 Å². The van der Waals surface area contributed by atoms with Gasteiger partial charge in [-0.25, -0.2) is 14.1 Å². The van der Waals surface area contributed by atoms with Crippen LogP contribution in [0.3, 0.4) is 0 Å². The lowest BCUT2D eigenvalue weighted by Gasteiger charge is -2.11. The van der Waals surface area contributed by atoms with Gasteiger partial charge in [0.15, 0.2) is 5.65 Å². The Morgan fingerprint density at radius 1 is 1.19 bits per heavy atom. The average molecular weight is 454 g/mol. The van der Waals surface area contributed by atoms with Gasteiger partial charge in [-0.2, -0.15) is 5.10 Å². The van der Waals surface area contributed by atoms with Crippen molar-refractivity contribution >= 4 is 34.4 Å². The van der Waals surface area contributed by atoms with Gasteiger partial charge in [-0.1, -0.05) is 29.8 Å². The number of hydrogen-bond donors (Lipinski definition) is 1. The third kappa shape index (κ3) is 4.13. The third-order valence-corrected chi connectivity index (χ3v) is 5.42. The molecular weight excluding hydrogens is 433 g/mol. The normalized spacial score (nSPS) is 11.1. The fourth-order valence-electron chi connectivity index (χ4n) is 3.56. The van der Waals surface area contributed by atoms with Crippen LogP contribution in [0.15, 0.2) is 53.3 Å². The van der Waals surface area contributed by atoms with Gasteiger partial charge in [0.2, 0.25) is 5.91 Å². The molecule has 164 valence electrons. The highest BCUT2D eigenvalue weighted by Crippen LogP contribution is 2.23. The summed E-state index contributed by atoms with van der Waals surface area (Å²) in [6, 6.07) is 13.3. The maximum absolute atomic E-state index is 13.2. The summed E-state index contributed by atoms with van der Waals surface area (Å²) in [5.41, 5.74) is 3.10. The van der Waals surface area contributed by atoms with Crippen LogP contribution in [-0.2, 0) is 17.8 Å². The minimum Gasteiger partial charge on any atom is -0.325 e. The largest absolute Gasteiger partial charge is 0.325 e. The van der Waals surface area contributed by atoms with Gasteiger partial charge < -0.3 is 5.32 Å². The molecule has 7 nitrogen and oxygen atoms in total. The van der Waals surface area contributed by atoms with Crippen molar-refractivity contribution in [3.05, 3.63) is 81.1 Å². The summed E-state index contributed by atoms with van der Waals surface area (Å²) < 4.78 is 16.5. The number of para-hydroxylation sites is 1. The predicted octanol–water partition coefficient (Wildman–Crippen LogP) is 4.27. The van der Waals surface area contributed by atoms with Crippen molar-refractivity contribution in [1.29, 1.82) is 0 Å². The Labute approximate surface area is 188 Å². The molecule has 0 bridgehead atoms. The van der Waals surface area contributed by atoms with Crippen molar-refractivity contribution < 1.29 is 9.18 Å². The topological polar surface area (TPSA) is 81.8 Å². The fourth-order valence-corrected chi connectivity index (χ4v) is 3.77. The number of nitrogens with zero attached hydrogens (tertiary/aromatic N) is 4. The van der Waals surface area contributed by atoms with Gasteiger partial charge in [0.1, 0.15) is 17.0 Å². The molecule has 2 aromatic carbocycles. The monoisotopic (exact) mass is 453 g/mol. The fraction of sp³-hybridized carbons (Fsp3) is 0.217. The van der Waals surface area contributed by atoms with E-state index >= 15 is 0 Å². The van der Waals surface area contributed by atoms with E-state index in [1.165, 1.54) is 12.1 Å². The number of fused-ring (bicyclic) bond motifs is 1. The Balaban J connectivity index is 1.64. The van der Waals surface area contributed by atoms with Crippen molar-refractivity contribution in [3.63, 3.8) is 0 Å². The summed E-state index contributed by atoms with van der Waals surface area (Å²) in [5, 5.41) is 7.33. The average Bonchev–Trinajstić information content (AvgIpc) is 3.11. The number of amides is 1. The van der Waals surface area contributed by atoms with E-state index in [4.69, 9.17) is 11.6 Å². The second kappa shape index (κ2) is 8.92. The number of rotatable bonds is 6. The zero-order chi connectivity index (χ0) is 22.8. The Hall–Kier alpha value is -3.52. The molecule has 4 aromatic rings. The van der Waals surface area contributed by atoms with Gasteiger partial charge in [0.05, 0.1) is 22.1 Å². The third-order valence-electron chi connectivity index (χ3n) is 5.11. The molecule has 0 saturated heterocycles. The number of carbonyl (C=O) groups is 1. The van der Waals surface area contributed by atoms with Crippen LogP contribution in [0.4, 0.5) is 10.1 Å². The molecule has 2 aromatic heterocycles. The van der Waals surface area contributed by atoms with E-state index in [1.54, 1.807) is 9.25 Å². The first-order valence-electron chi connectivity index (χ1n) is 10.2. The lowest BCUT2D eigenvalue weighted by atomic mass is 10.2. The van der Waals surface area contributed by atoms with Crippen LogP contribution in [0, 0.1) is 12.7 Å². The van der Waals surface area contributed by atoms with Crippen LogP contribution in [0.1, 0.15) is 24.7 Å². The lowest BCUT2D eigenvalue weighted by Crippen LogP contribution is -2.27. The first-order valence-corrected chi connectivity index (χ1v) is 10.6. The molecule has 0 atom stereocenters. The SMILES string of the molecule is CCn1c(=O)c(CCC(=O)Nc2ccc(F)cc2Cl)nc2c(C)nn(-c3ccccc3)c21. The van der Waals surface area contributed by atoms with E-state index in [2.05, 4.69) is 15.4 Å². The number of nitrogens with one attached hydrogen (secondary N) is 1. The van der Waals surface area contributed by atoms with Crippen LogP contribution in [0.25, 0.3) is 16.9 Å². The zero-order valence-electron chi connectivity index (χ0n) is 17.6. The van der Waals surface area contributed by atoms with E-state index < -0.39 is 5.82 Å². The number of aryl methyl sites for hydroxylation is 3. The molecule has 2 heterocycles. The van der Waals surface area contributed by atoms with Crippen LogP contribution < -0.4 is 10.9 Å². The van der Waals surface area contributed by atoms with E-state index in [1.807, 2.05) is 44.2 Å². The highest BCUT2D eigenvalue weighted by atomic mass is 35.5. The minimum absolute atomic E-state index is 0.0248. The summed E-state index contributed by atoms with van der Waals surface area (Å²) in [4.78, 5) is 30.1. The Bertz CT molecular complexity index is 1360. The maximum Gasteiger partial charge on any atom is 0.273 e. The van der Waals surface area contributed by atoms with E-state index in [-0.39, 0.29) is 35.0 Å². The second-order valence-corrected chi connectivity index (χ2v) is 7.69. The van der Waals surface area contributed by atoms with E-state index in [0.717, 1.165) is 11.8 Å². The molecule has 0 saturated carbocycles. The molecule has 1 N–H and O–H groups in total. The van der Waals surface area contributed by atoms with Crippen LogP contribution in [0.2, 0.25) is 5.02 Å². The van der Waals surface area contributed by atoms with E-state index in [9.17, 15) is 14.0 Å². The van der Waals surface area contributed by atoms with Crippen LogP contribution in [0.5, 0.6) is 0 Å². The molecule has 0 unspecified atom stereocenters. The number of anilines is 1. The zero-order valence-corrected chi connectivity index (χ0v) is 18.4. The molecule has 9 heteroatoms. The molecule has 0 spiro atoms. The van der Waals surface area contributed by atoms with Crippen molar-refractivity contribution in [2.24, 2.45) is 0 Å². The summed E-state index contributed by atoms with van der Waals surface area (Å²) >= 11 is 5.96. The summed E-state index contributed by atoms with van der Waals surface area (Å²) in [6.07, 6.45) is 0.173. The van der Waals surface area contributed by atoms with Crippen molar-refractivity contribution in [2.75, 3.05) is 5.32 Å². The molecular formula is C23H21ClFN5O2. The quantitative estimate of drug-likeness (QED) is 0.472. The number of hydrogen-bond acceptors (Lipinski definition) is 4. The van der Waals surface area contributed by atoms with Gasteiger partial charge in [-0.15, -0.1) is 0 Å². The first kappa shape index (κ1) is 21.7. The number of aromatic nitrogens is 4. The lowest BCUT2D eigenvalue weighted by molar-refractivity contribution is -0.116. The summed E-state index contributed by atoms with van der Waals surface area (Å²) in [7, 11) is 0. The molecule has 0 fully saturated rings. The van der Waals surface area contributed by atoms with Gasteiger partial charge in [-0.05, 0) is 44.2 Å². The smallest absolute Gasteiger partial charge is 0.273 e. The number of carbonyl (C=O) groups excluding carboxylic acids is 1. The highest BCUT2D eigenvalue weighted by Gasteiger charge is 2.19.